The first-order valence-electron chi connectivity index (χ1n) is 2.00. The van der Waals surface area contributed by atoms with Crippen LogP contribution in [0.4, 0.5) is 0 Å². The second kappa shape index (κ2) is 1.92. The van der Waals surface area contributed by atoms with Crippen LogP contribution in [0.3, 0.4) is 0 Å². The SMILES string of the molecule is CS(=O)C(C)(C)O. The topological polar surface area (TPSA) is 37.3 Å². The minimum Gasteiger partial charge on any atom is -0.377 e. The van der Waals surface area contributed by atoms with Crippen molar-refractivity contribution in [2.24, 2.45) is 0 Å². The first kappa shape index (κ1) is 7.11. The van der Waals surface area contributed by atoms with E-state index in [9.17, 15) is 4.21 Å². The summed E-state index contributed by atoms with van der Waals surface area (Å²) in [5.74, 6) is 0. The molecule has 0 aromatic rings. The Morgan fingerprint density at radius 3 is 1.71 bits per heavy atom. The molecule has 0 rings (SSSR count). The minimum absolute atomic E-state index is 1.03. The molecule has 1 N–H and O–H groups in total. The third kappa shape index (κ3) is 2.76. The summed E-state index contributed by atoms with van der Waals surface area (Å²) in [5.41, 5.74) is 0. The van der Waals surface area contributed by atoms with Crippen molar-refractivity contribution in [2.75, 3.05) is 6.26 Å². The van der Waals surface area contributed by atoms with Gasteiger partial charge in [-0.05, 0) is 13.8 Å². The third-order valence-electron chi connectivity index (χ3n) is 0.703. The van der Waals surface area contributed by atoms with Crippen LogP contribution in [0.25, 0.3) is 0 Å². The van der Waals surface area contributed by atoms with E-state index in [-0.39, 0.29) is 0 Å². The van der Waals surface area contributed by atoms with Crippen LogP contribution in [0.5, 0.6) is 0 Å². The molecule has 0 heterocycles. The van der Waals surface area contributed by atoms with E-state index in [2.05, 4.69) is 0 Å². The lowest BCUT2D eigenvalue weighted by Gasteiger charge is -2.11. The van der Waals surface area contributed by atoms with Crippen LogP contribution in [-0.2, 0) is 10.8 Å². The Bertz CT molecular complexity index is 82.2. The lowest BCUT2D eigenvalue weighted by Crippen LogP contribution is -2.23. The van der Waals surface area contributed by atoms with Crippen molar-refractivity contribution in [3.05, 3.63) is 0 Å². The van der Waals surface area contributed by atoms with Crippen molar-refractivity contribution in [2.45, 2.75) is 18.8 Å². The van der Waals surface area contributed by atoms with Crippen molar-refractivity contribution in [1.29, 1.82) is 0 Å². The van der Waals surface area contributed by atoms with Gasteiger partial charge in [0.25, 0.3) is 0 Å². The van der Waals surface area contributed by atoms with Gasteiger partial charge >= 0.3 is 0 Å². The molecule has 0 aromatic carbocycles. The molecule has 2 nitrogen and oxygen atoms in total. The third-order valence-corrected chi connectivity index (χ3v) is 2.11. The maximum atomic E-state index is 10.3. The molecule has 7 heavy (non-hydrogen) atoms. The molecule has 0 spiro atoms. The van der Waals surface area contributed by atoms with Crippen molar-refractivity contribution in [3.63, 3.8) is 0 Å². The Hall–Kier alpha value is 0.110. The highest BCUT2D eigenvalue weighted by Crippen LogP contribution is 2.03. The first-order chi connectivity index (χ1) is 2.94. The van der Waals surface area contributed by atoms with Crippen molar-refractivity contribution >= 4 is 10.8 Å². The van der Waals surface area contributed by atoms with E-state index in [1.807, 2.05) is 0 Å². The molecule has 0 saturated heterocycles. The molecule has 0 aliphatic rings. The zero-order chi connectivity index (χ0) is 6.08. The van der Waals surface area contributed by atoms with Gasteiger partial charge in [-0.1, -0.05) is 0 Å². The van der Waals surface area contributed by atoms with E-state index < -0.39 is 15.7 Å². The van der Waals surface area contributed by atoms with E-state index in [4.69, 9.17) is 5.11 Å². The molecule has 0 fully saturated rings. The van der Waals surface area contributed by atoms with E-state index >= 15 is 0 Å². The van der Waals surface area contributed by atoms with Crippen LogP contribution < -0.4 is 0 Å². The summed E-state index contributed by atoms with van der Waals surface area (Å²) in [6.07, 6.45) is 1.47. The molecule has 0 aliphatic carbocycles. The number of hydrogen-bond donors (Lipinski definition) is 1. The fourth-order valence-electron chi connectivity index (χ4n) is 0. The summed E-state index contributed by atoms with van der Waals surface area (Å²) in [6.45, 7) is 3.03. The Labute approximate surface area is 46.0 Å². The molecule has 0 aromatic heterocycles. The average Bonchev–Trinajstić information content (AvgIpc) is 1.31. The fraction of sp³-hybridized carbons (Fsp3) is 1.00. The molecule has 0 amide bonds. The molecular weight excluding hydrogens is 112 g/mol. The quantitative estimate of drug-likeness (QED) is 0.535. The van der Waals surface area contributed by atoms with Gasteiger partial charge in [0.05, 0.1) is 0 Å². The molecule has 44 valence electrons. The maximum Gasteiger partial charge on any atom is 0.133 e. The molecule has 3 heteroatoms. The predicted octanol–water partition coefficient (Wildman–Crippen LogP) is 0.0933. The normalized spacial score (nSPS) is 16.6. The summed E-state index contributed by atoms with van der Waals surface area (Å²) < 4.78 is 10.3. The van der Waals surface area contributed by atoms with E-state index in [0.717, 1.165) is 0 Å². The van der Waals surface area contributed by atoms with Crippen molar-refractivity contribution < 1.29 is 9.32 Å². The Morgan fingerprint density at radius 1 is 1.57 bits per heavy atom. The van der Waals surface area contributed by atoms with Gasteiger partial charge in [0.1, 0.15) is 4.93 Å². The highest BCUT2D eigenvalue weighted by molar-refractivity contribution is 7.85. The zero-order valence-electron chi connectivity index (χ0n) is 4.76. The fourth-order valence-corrected chi connectivity index (χ4v) is 0. The molecule has 0 aliphatic heterocycles. The minimum atomic E-state index is -1.13. The zero-order valence-corrected chi connectivity index (χ0v) is 5.58. The van der Waals surface area contributed by atoms with Gasteiger partial charge in [0.2, 0.25) is 0 Å². The largest absolute Gasteiger partial charge is 0.377 e. The lowest BCUT2D eigenvalue weighted by molar-refractivity contribution is 0.173. The molecule has 1 atom stereocenters. The number of rotatable bonds is 1. The lowest BCUT2D eigenvalue weighted by atomic mass is 10.5. The van der Waals surface area contributed by atoms with E-state index in [1.165, 1.54) is 20.1 Å². The van der Waals surface area contributed by atoms with E-state index in [0.29, 0.717) is 0 Å². The highest BCUT2D eigenvalue weighted by atomic mass is 32.2. The molecule has 0 saturated carbocycles. The monoisotopic (exact) mass is 122 g/mol. The van der Waals surface area contributed by atoms with Crippen LogP contribution >= 0.6 is 0 Å². The average molecular weight is 122 g/mol. The first-order valence-corrected chi connectivity index (χ1v) is 3.56. The van der Waals surface area contributed by atoms with Gasteiger partial charge in [-0.15, -0.1) is 0 Å². The predicted molar refractivity (Wildman–Crippen MR) is 30.4 cm³/mol. The maximum absolute atomic E-state index is 10.3. The van der Waals surface area contributed by atoms with Crippen LogP contribution in [-0.4, -0.2) is 20.5 Å². The van der Waals surface area contributed by atoms with E-state index in [1.54, 1.807) is 0 Å². The highest BCUT2D eigenvalue weighted by Gasteiger charge is 2.15. The number of aliphatic hydroxyl groups is 1. The number of hydrogen-bond acceptors (Lipinski definition) is 2. The van der Waals surface area contributed by atoms with Crippen molar-refractivity contribution in [1.82, 2.24) is 0 Å². The van der Waals surface area contributed by atoms with Gasteiger partial charge < -0.3 is 5.11 Å². The summed E-state index contributed by atoms with van der Waals surface area (Å²) in [7, 11) is -1.13. The second-order valence-electron chi connectivity index (χ2n) is 1.90. The standard InChI is InChI=1S/C4H10O2S/c1-4(2,5)7(3)6/h5H,1-3H3. The van der Waals surface area contributed by atoms with Crippen LogP contribution in [0.15, 0.2) is 0 Å². The van der Waals surface area contributed by atoms with Gasteiger partial charge in [-0.3, -0.25) is 4.21 Å². The summed E-state index contributed by atoms with van der Waals surface area (Å²) in [5, 5.41) is 8.79. The smallest absolute Gasteiger partial charge is 0.133 e. The van der Waals surface area contributed by atoms with Gasteiger partial charge in [0.15, 0.2) is 0 Å². The molecule has 0 radical (unpaired) electrons. The van der Waals surface area contributed by atoms with Crippen LogP contribution in [0.1, 0.15) is 13.8 Å². The van der Waals surface area contributed by atoms with Crippen molar-refractivity contribution in [3.8, 4) is 0 Å². The van der Waals surface area contributed by atoms with Crippen LogP contribution in [0.2, 0.25) is 0 Å². The van der Waals surface area contributed by atoms with Gasteiger partial charge in [-0.25, -0.2) is 0 Å². The van der Waals surface area contributed by atoms with Gasteiger partial charge in [0, 0.05) is 17.1 Å². The summed E-state index contributed by atoms with van der Waals surface area (Å²) >= 11 is 0. The molecular formula is C4H10O2S. The second-order valence-corrected chi connectivity index (χ2v) is 3.81. The Balaban J connectivity index is 3.79. The summed E-state index contributed by atoms with van der Waals surface area (Å²) in [6, 6.07) is 0. The summed E-state index contributed by atoms with van der Waals surface area (Å²) in [4.78, 5) is -1.03. The van der Waals surface area contributed by atoms with Gasteiger partial charge in [-0.2, -0.15) is 0 Å². The van der Waals surface area contributed by atoms with Crippen LogP contribution in [0, 0.1) is 0 Å². The Morgan fingerprint density at radius 2 is 1.71 bits per heavy atom. The Kier molecular flexibility index (Phi) is 1.95. The molecule has 1 unspecified atom stereocenters. The molecule has 0 bridgehead atoms.